The van der Waals surface area contributed by atoms with Crippen molar-refractivity contribution in [1.82, 2.24) is 9.88 Å². The molecule has 22 heavy (non-hydrogen) atoms. The molecule has 2 heterocycles. The number of piperazine rings is 1. The third-order valence-electron chi connectivity index (χ3n) is 4.25. The van der Waals surface area contributed by atoms with Crippen LogP contribution < -0.4 is 4.90 Å². The summed E-state index contributed by atoms with van der Waals surface area (Å²) in [6, 6.07) is 2.27. The van der Waals surface area contributed by atoms with E-state index in [0.29, 0.717) is 11.6 Å². The van der Waals surface area contributed by atoms with Crippen LogP contribution in [0.4, 0.5) is 11.5 Å². The highest BCUT2D eigenvalue weighted by atomic mass is 16.6. The Hall–Kier alpha value is -1.73. The van der Waals surface area contributed by atoms with E-state index in [1.54, 1.807) is 14.0 Å². The first-order chi connectivity index (χ1) is 10.6. The zero-order valence-corrected chi connectivity index (χ0v) is 13.5. The van der Waals surface area contributed by atoms with Crippen LogP contribution in [0.2, 0.25) is 0 Å². The lowest BCUT2D eigenvalue weighted by Crippen LogP contribution is -2.54. The van der Waals surface area contributed by atoms with Gasteiger partial charge < -0.3 is 9.64 Å². The summed E-state index contributed by atoms with van der Waals surface area (Å²) in [5, 5.41) is 10.9. The maximum Gasteiger partial charge on any atom is 0.290 e. The molecule has 1 saturated heterocycles. The topological polar surface area (TPSA) is 71.7 Å². The van der Waals surface area contributed by atoms with Gasteiger partial charge in [0.25, 0.3) is 5.69 Å². The molecular formula is C15H24N4O3. The van der Waals surface area contributed by atoms with Gasteiger partial charge in [-0.3, -0.25) is 15.0 Å². The molecule has 1 unspecified atom stereocenters. The predicted molar refractivity (Wildman–Crippen MR) is 85.4 cm³/mol. The lowest BCUT2D eigenvalue weighted by atomic mass is 10.1. The van der Waals surface area contributed by atoms with Crippen molar-refractivity contribution in [3.05, 3.63) is 27.9 Å². The van der Waals surface area contributed by atoms with Crippen LogP contribution in [0.3, 0.4) is 0 Å². The highest BCUT2D eigenvalue weighted by molar-refractivity contribution is 5.49. The second-order valence-electron chi connectivity index (χ2n) is 5.62. The van der Waals surface area contributed by atoms with Crippen LogP contribution >= 0.6 is 0 Å². The van der Waals surface area contributed by atoms with Crippen LogP contribution in [0.15, 0.2) is 12.3 Å². The van der Waals surface area contributed by atoms with Gasteiger partial charge in [-0.1, -0.05) is 6.92 Å². The third kappa shape index (κ3) is 3.72. The van der Waals surface area contributed by atoms with E-state index in [2.05, 4.69) is 21.7 Å². The molecule has 0 spiro atoms. The van der Waals surface area contributed by atoms with Crippen molar-refractivity contribution < 1.29 is 9.66 Å². The Labute approximate surface area is 131 Å². The van der Waals surface area contributed by atoms with E-state index in [0.717, 1.165) is 45.0 Å². The zero-order valence-electron chi connectivity index (χ0n) is 13.5. The summed E-state index contributed by atoms with van der Waals surface area (Å²) in [7, 11) is 1.72. The molecule has 0 bridgehead atoms. The summed E-state index contributed by atoms with van der Waals surface area (Å²) >= 11 is 0. The number of rotatable bonds is 6. The first-order valence-corrected chi connectivity index (χ1v) is 7.65. The van der Waals surface area contributed by atoms with Crippen molar-refractivity contribution in [1.29, 1.82) is 0 Å². The van der Waals surface area contributed by atoms with Crippen LogP contribution in [0.25, 0.3) is 0 Å². The smallest absolute Gasteiger partial charge is 0.290 e. The molecule has 1 aromatic heterocycles. The molecule has 1 aliphatic rings. The molecule has 0 radical (unpaired) electrons. The zero-order chi connectivity index (χ0) is 16.1. The first-order valence-electron chi connectivity index (χ1n) is 7.65. The van der Waals surface area contributed by atoms with Crippen molar-refractivity contribution in [3.63, 3.8) is 0 Å². The Kier molecular flexibility index (Phi) is 5.68. The van der Waals surface area contributed by atoms with Crippen molar-refractivity contribution in [2.45, 2.75) is 26.3 Å². The van der Waals surface area contributed by atoms with Gasteiger partial charge in [0.2, 0.25) is 0 Å². The lowest BCUT2D eigenvalue weighted by molar-refractivity contribution is -0.385. The first kappa shape index (κ1) is 16.6. The summed E-state index contributed by atoms with van der Waals surface area (Å²) in [5.74, 6) is 0.827. The number of aryl methyl sites for hydroxylation is 1. The average molecular weight is 308 g/mol. The number of nitro groups is 1. The maximum absolute atomic E-state index is 10.9. The predicted octanol–water partition coefficient (Wildman–Crippen LogP) is 1.85. The van der Waals surface area contributed by atoms with Gasteiger partial charge in [0, 0.05) is 44.9 Å². The number of anilines is 1. The molecule has 7 heteroatoms. The maximum atomic E-state index is 10.9. The Balaban J connectivity index is 2.08. The second kappa shape index (κ2) is 7.51. The highest BCUT2D eigenvalue weighted by Gasteiger charge is 2.26. The largest absolute Gasteiger partial charge is 0.383 e. The Morgan fingerprint density at radius 2 is 2.27 bits per heavy atom. The fraction of sp³-hybridized carbons (Fsp3) is 0.667. The quantitative estimate of drug-likeness (QED) is 0.590. The van der Waals surface area contributed by atoms with Gasteiger partial charge in [-0.2, -0.15) is 0 Å². The molecule has 0 amide bonds. The minimum absolute atomic E-state index is 0.0783. The minimum Gasteiger partial charge on any atom is -0.383 e. The van der Waals surface area contributed by atoms with Crippen LogP contribution in [0.1, 0.15) is 18.9 Å². The number of ether oxygens (including phenoxy) is 1. The van der Waals surface area contributed by atoms with Gasteiger partial charge in [-0.05, 0) is 19.4 Å². The molecule has 0 aliphatic carbocycles. The molecule has 1 aliphatic heterocycles. The van der Waals surface area contributed by atoms with E-state index >= 15 is 0 Å². The van der Waals surface area contributed by atoms with Gasteiger partial charge in [0.1, 0.15) is 12.0 Å². The Morgan fingerprint density at radius 3 is 2.86 bits per heavy atom. The molecule has 7 nitrogen and oxygen atoms in total. The highest BCUT2D eigenvalue weighted by Crippen LogP contribution is 2.24. The van der Waals surface area contributed by atoms with Gasteiger partial charge in [-0.15, -0.1) is 0 Å². The summed E-state index contributed by atoms with van der Waals surface area (Å²) in [4.78, 5) is 19.4. The molecular weight excluding hydrogens is 284 g/mol. The van der Waals surface area contributed by atoms with Crippen LogP contribution in [0, 0.1) is 17.0 Å². The summed E-state index contributed by atoms with van der Waals surface area (Å²) in [6.45, 7) is 8.35. The standard InChI is InChI=1S/C15H24N4O3/c1-4-13-11-18(6-5-17(13)7-8-22-3)15-9-12(2)14(10-16-15)19(20)21/h9-10,13H,4-8,11H2,1-3H3. The Morgan fingerprint density at radius 1 is 1.50 bits per heavy atom. The van der Waals surface area contributed by atoms with Crippen molar-refractivity contribution in [3.8, 4) is 0 Å². The summed E-state index contributed by atoms with van der Waals surface area (Å²) in [5.41, 5.74) is 0.736. The molecule has 2 rings (SSSR count). The lowest BCUT2D eigenvalue weighted by Gasteiger charge is -2.41. The molecule has 0 aromatic carbocycles. The van der Waals surface area contributed by atoms with E-state index in [1.807, 2.05) is 6.07 Å². The van der Waals surface area contributed by atoms with Crippen LogP contribution in [-0.2, 0) is 4.74 Å². The van der Waals surface area contributed by atoms with Crippen molar-refractivity contribution >= 4 is 11.5 Å². The van der Waals surface area contributed by atoms with Crippen LogP contribution in [-0.4, -0.2) is 60.7 Å². The van der Waals surface area contributed by atoms with Gasteiger partial charge in [0.15, 0.2) is 0 Å². The fourth-order valence-corrected chi connectivity index (χ4v) is 2.89. The molecule has 0 N–H and O–H groups in total. The van der Waals surface area contributed by atoms with Gasteiger partial charge in [-0.25, -0.2) is 4.98 Å². The molecule has 0 saturated carbocycles. The molecule has 1 atom stereocenters. The second-order valence-corrected chi connectivity index (χ2v) is 5.62. The van der Waals surface area contributed by atoms with E-state index in [4.69, 9.17) is 4.74 Å². The third-order valence-corrected chi connectivity index (χ3v) is 4.25. The minimum atomic E-state index is -0.385. The fourth-order valence-electron chi connectivity index (χ4n) is 2.89. The Bertz CT molecular complexity index is 524. The number of pyridine rings is 1. The van der Waals surface area contributed by atoms with Crippen molar-refractivity contribution in [2.75, 3.05) is 44.8 Å². The van der Waals surface area contributed by atoms with E-state index in [9.17, 15) is 10.1 Å². The number of methoxy groups -OCH3 is 1. The van der Waals surface area contributed by atoms with Gasteiger partial charge >= 0.3 is 0 Å². The van der Waals surface area contributed by atoms with Gasteiger partial charge in [0.05, 0.1) is 11.5 Å². The molecule has 122 valence electrons. The molecule has 1 aromatic rings. The van der Waals surface area contributed by atoms with Crippen molar-refractivity contribution in [2.24, 2.45) is 0 Å². The number of nitrogens with zero attached hydrogens (tertiary/aromatic N) is 4. The number of aromatic nitrogens is 1. The van der Waals surface area contributed by atoms with E-state index < -0.39 is 0 Å². The SMILES string of the molecule is CCC1CN(c2cc(C)c([N+](=O)[O-])cn2)CCN1CCOC. The van der Waals surface area contributed by atoms with Crippen LogP contribution in [0.5, 0.6) is 0 Å². The van der Waals surface area contributed by atoms with E-state index in [1.165, 1.54) is 6.20 Å². The summed E-state index contributed by atoms with van der Waals surface area (Å²) < 4.78 is 5.17. The van der Waals surface area contributed by atoms with E-state index in [-0.39, 0.29) is 10.6 Å². The average Bonchev–Trinajstić information content (AvgIpc) is 2.52. The normalized spacial score (nSPS) is 19.4. The number of hydrogen-bond donors (Lipinski definition) is 0. The molecule has 1 fully saturated rings. The monoisotopic (exact) mass is 308 g/mol. The number of hydrogen-bond acceptors (Lipinski definition) is 6. The summed E-state index contributed by atoms with van der Waals surface area (Å²) in [6.07, 6.45) is 2.43.